The number of H-pyrrole nitrogens is 1. The summed E-state index contributed by atoms with van der Waals surface area (Å²) in [6.45, 7) is 1.98. The molecule has 0 aromatic carbocycles. The van der Waals surface area contributed by atoms with E-state index >= 15 is 0 Å². The maximum absolute atomic E-state index is 4.86. The van der Waals surface area contributed by atoms with Gasteiger partial charge in [-0.05, 0) is 51.8 Å². The van der Waals surface area contributed by atoms with Gasteiger partial charge in [0.1, 0.15) is 11.6 Å². The van der Waals surface area contributed by atoms with Gasteiger partial charge in [-0.2, -0.15) is 5.10 Å². The minimum absolute atomic E-state index is 0.456. The standard InChI is InChI=1S/C20H25N7/c1-12-8-19(26-25-12)23-18-11-17-16(4-3-7-21-17)20(24-18)22-13-9-14-5-6-15(10-13)27(14)2/h3-4,7-8,11,13-15H,5-6,9-10H2,1-2H3,(H3,22,23,24,25,26)/t13-,14-,15+. The van der Waals surface area contributed by atoms with Gasteiger partial charge in [-0.1, -0.05) is 0 Å². The van der Waals surface area contributed by atoms with Crippen molar-refractivity contribution in [2.24, 2.45) is 0 Å². The smallest absolute Gasteiger partial charge is 0.153 e. The molecule has 7 heteroatoms. The van der Waals surface area contributed by atoms with Crippen LogP contribution in [-0.4, -0.2) is 50.2 Å². The summed E-state index contributed by atoms with van der Waals surface area (Å²) in [4.78, 5) is 12.0. The normalized spacial score (nSPS) is 25.0. The van der Waals surface area contributed by atoms with Crippen molar-refractivity contribution in [2.45, 2.75) is 50.7 Å². The average molecular weight is 363 g/mol. The molecule has 0 unspecified atom stereocenters. The van der Waals surface area contributed by atoms with Crippen LogP contribution in [0.25, 0.3) is 10.9 Å². The Morgan fingerprint density at radius 3 is 2.70 bits per heavy atom. The maximum Gasteiger partial charge on any atom is 0.153 e. The second-order valence-corrected chi connectivity index (χ2v) is 7.85. The molecule has 0 radical (unpaired) electrons. The van der Waals surface area contributed by atoms with Crippen molar-refractivity contribution in [1.82, 2.24) is 25.1 Å². The topological polar surface area (TPSA) is 81.8 Å². The van der Waals surface area contributed by atoms with Gasteiger partial charge in [0.05, 0.1) is 5.52 Å². The summed E-state index contributed by atoms with van der Waals surface area (Å²) in [5.74, 6) is 2.42. The molecule has 140 valence electrons. The van der Waals surface area contributed by atoms with E-state index in [4.69, 9.17) is 4.98 Å². The molecule has 5 heterocycles. The van der Waals surface area contributed by atoms with Crippen LogP contribution in [0.3, 0.4) is 0 Å². The molecule has 0 amide bonds. The number of fused-ring (bicyclic) bond motifs is 3. The van der Waals surface area contributed by atoms with E-state index in [2.05, 4.69) is 43.8 Å². The minimum Gasteiger partial charge on any atom is -0.367 e. The number of aromatic nitrogens is 4. The van der Waals surface area contributed by atoms with E-state index in [-0.39, 0.29) is 0 Å². The molecule has 3 N–H and O–H groups in total. The first-order valence-electron chi connectivity index (χ1n) is 9.69. The first-order chi connectivity index (χ1) is 13.2. The van der Waals surface area contributed by atoms with Crippen LogP contribution >= 0.6 is 0 Å². The summed E-state index contributed by atoms with van der Waals surface area (Å²) < 4.78 is 0. The van der Waals surface area contributed by atoms with Crippen molar-refractivity contribution in [3.05, 3.63) is 36.2 Å². The highest BCUT2D eigenvalue weighted by molar-refractivity contribution is 5.91. The third-order valence-corrected chi connectivity index (χ3v) is 6.00. The highest BCUT2D eigenvalue weighted by Gasteiger charge is 2.38. The van der Waals surface area contributed by atoms with Crippen LogP contribution in [0.2, 0.25) is 0 Å². The van der Waals surface area contributed by atoms with Gasteiger partial charge < -0.3 is 15.5 Å². The van der Waals surface area contributed by atoms with E-state index in [0.29, 0.717) is 18.1 Å². The predicted octanol–water partition coefficient (Wildman–Crippen LogP) is 3.44. The quantitative estimate of drug-likeness (QED) is 0.659. The molecule has 2 aliphatic heterocycles. The van der Waals surface area contributed by atoms with Gasteiger partial charge in [-0.25, -0.2) is 4.98 Å². The van der Waals surface area contributed by atoms with E-state index in [1.807, 2.05) is 31.3 Å². The zero-order valence-corrected chi connectivity index (χ0v) is 15.7. The Hall–Kier alpha value is -2.67. The lowest BCUT2D eigenvalue weighted by Gasteiger charge is -2.37. The van der Waals surface area contributed by atoms with E-state index in [1.165, 1.54) is 25.7 Å². The number of aryl methyl sites for hydroxylation is 1. The number of piperidine rings is 1. The first-order valence-corrected chi connectivity index (χ1v) is 9.69. The van der Waals surface area contributed by atoms with Crippen molar-refractivity contribution >= 4 is 28.4 Å². The Kier molecular flexibility index (Phi) is 3.97. The molecular weight excluding hydrogens is 338 g/mol. The summed E-state index contributed by atoms with van der Waals surface area (Å²) in [5, 5.41) is 15.3. The van der Waals surface area contributed by atoms with Crippen LogP contribution in [0, 0.1) is 6.92 Å². The molecule has 0 aliphatic carbocycles. The van der Waals surface area contributed by atoms with Crippen molar-refractivity contribution in [3.63, 3.8) is 0 Å². The van der Waals surface area contributed by atoms with Crippen molar-refractivity contribution in [3.8, 4) is 0 Å². The van der Waals surface area contributed by atoms with Gasteiger partial charge in [-0.15, -0.1) is 0 Å². The number of nitrogens with one attached hydrogen (secondary N) is 3. The van der Waals surface area contributed by atoms with Crippen molar-refractivity contribution < 1.29 is 0 Å². The second kappa shape index (κ2) is 6.49. The van der Waals surface area contributed by atoms with Crippen LogP contribution in [0.15, 0.2) is 30.5 Å². The van der Waals surface area contributed by atoms with Crippen LogP contribution in [-0.2, 0) is 0 Å². The van der Waals surface area contributed by atoms with Gasteiger partial charge >= 0.3 is 0 Å². The summed E-state index contributed by atoms with van der Waals surface area (Å²) in [6.07, 6.45) is 6.80. The van der Waals surface area contributed by atoms with Crippen molar-refractivity contribution in [2.75, 3.05) is 17.7 Å². The maximum atomic E-state index is 4.86. The molecule has 0 saturated carbocycles. The summed E-state index contributed by atoms with van der Waals surface area (Å²) in [5.41, 5.74) is 1.94. The number of hydrogen-bond donors (Lipinski definition) is 3. The largest absolute Gasteiger partial charge is 0.367 e. The molecule has 2 fully saturated rings. The van der Waals surface area contributed by atoms with Crippen molar-refractivity contribution in [1.29, 1.82) is 0 Å². The van der Waals surface area contributed by atoms with Gasteiger partial charge in [0.15, 0.2) is 5.82 Å². The van der Waals surface area contributed by atoms with Gasteiger partial charge in [-0.3, -0.25) is 10.1 Å². The van der Waals surface area contributed by atoms with Gasteiger partial charge in [0, 0.05) is 47.5 Å². The number of hydrogen-bond acceptors (Lipinski definition) is 6. The molecule has 3 atom stereocenters. The van der Waals surface area contributed by atoms with Crippen LogP contribution < -0.4 is 10.6 Å². The molecule has 2 bridgehead atoms. The van der Waals surface area contributed by atoms with Crippen LogP contribution in [0.4, 0.5) is 17.5 Å². The number of anilines is 3. The van der Waals surface area contributed by atoms with E-state index in [9.17, 15) is 0 Å². The summed E-state index contributed by atoms with van der Waals surface area (Å²) in [7, 11) is 2.27. The molecule has 5 rings (SSSR count). The molecule has 2 saturated heterocycles. The zero-order chi connectivity index (χ0) is 18.4. The van der Waals surface area contributed by atoms with Gasteiger partial charge in [0.25, 0.3) is 0 Å². The zero-order valence-electron chi connectivity index (χ0n) is 15.7. The first kappa shape index (κ1) is 16.5. The Morgan fingerprint density at radius 2 is 1.96 bits per heavy atom. The second-order valence-electron chi connectivity index (χ2n) is 7.85. The monoisotopic (exact) mass is 363 g/mol. The number of aromatic amines is 1. The summed E-state index contributed by atoms with van der Waals surface area (Å²) in [6, 6.07) is 9.84. The average Bonchev–Trinajstić information content (AvgIpc) is 3.13. The summed E-state index contributed by atoms with van der Waals surface area (Å²) >= 11 is 0. The SMILES string of the molecule is Cc1cc(Nc2cc3ncccc3c(N[C@@H]3C[C@H]4CC[C@@H](C3)N4C)n2)n[nH]1. The van der Waals surface area contributed by atoms with Crippen LogP contribution in [0.1, 0.15) is 31.4 Å². The number of nitrogens with zero attached hydrogens (tertiary/aromatic N) is 4. The number of pyridine rings is 2. The third-order valence-electron chi connectivity index (χ3n) is 6.00. The lowest BCUT2D eigenvalue weighted by molar-refractivity contribution is 0.169. The number of rotatable bonds is 4. The molecule has 2 aliphatic rings. The van der Waals surface area contributed by atoms with E-state index in [0.717, 1.165) is 34.1 Å². The Bertz CT molecular complexity index is 952. The Morgan fingerprint density at radius 1 is 1.15 bits per heavy atom. The van der Waals surface area contributed by atoms with E-state index < -0.39 is 0 Å². The molecule has 27 heavy (non-hydrogen) atoms. The fraction of sp³-hybridized carbons (Fsp3) is 0.450. The van der Waals surface area contributed by atoms with E-state index in [1.54, 1.807) is 0 Å². The fourth-order valence-electron chi connectivity index (χ4n) is 4.59. The molecule has 3 aromatic heterocycles. The Labute approximate surface area is 158 Å². The lowest BCUT2D eigenvalue weighted by atomic mass is 9.98. The third kappa shape index (κ3) is 3.12. The minimum atomic E-state index is 0.456. The lowest BCUT2D eigenvalue weighted by Crippen LogP contribution is -2.44. The molecule has 7 nitrogen and oxygen atoms in total. The van der Waals surface area contributed by atoms with Gasteiger partial charge in [0.2, 0.25) is 0 Å². The molecule has 0 spiro atoms. The highest BCUT2D eigenvalue weighted by Crippen LogP contribution is 2.36. The van der Waals surface area contributed by atoms with Crippen LogP contribution in [0.5, 0.6) is 0 Å². The molecular formula is C20H25N7. The molecule has 3 aromatic rings. The predicted molar refractivity (Wildman–Crippen MR) is 107 cm³/mol. The highest BCUT2D eigenvalue weighted by atomic mass is 15.2. The fourth-order valence-corrected chi connectivity index (χ4v) is 4.59. The Balaban J connectivity index is 1.45.